The molecule has 0 spiro atoms. The average molecular weight is 383 g/mol. The van der Waals surface area contributed by atoms with E-state index in [4.69, 9.17) is 11.6 Å². The molecule has 1 aliphatic carbocycles. The Hall–Kier alpha value is -2.79. The van der Waals surface area contributed by atoms with E-state index in [1.165, 1.54) is 0 Å². The van der Waals surface area contributed by atoms with E-state index >= 15 is 0 Å². The van der Waals surface area contributed by atoms with Crippen LogP contribution in [0, 0.1) is 0 Å². The third-order valence-corrected chi connectivity index (χ3v) is 5.84. The van der Waals surface area contributed by atoms with Crippen LogP contribution in [0.15, 0.2) is 48.5 Å². The maximum Gasteiger partial charge on any atom is 0.329 e. The second-order valence-electron chi connectivity index (χ2n) is 7.03. The molecule has 0 fully saturated rings. The number of carboxylic acids is 1. The fourth-order valence-corrected chi connectivity index (χ4v) is 4.33. The molecule has 1 aliphatic rings. The van der Waals surface area contributed by atoms with Crippen LogP contribution in [-0.4, -0.2) is 27.1 Å². The predicted octanol–water partition coefficient (Wildman–Crippen LogP) is 3.57. The number of para-hydroxylation sites is 1. The Kier molecular flexibility index (Phi) is 4.19. The molecule has 1 atom stereocenters. The summed E-state index contributed by atoms with van der Waals surface area (Å²) in [6.07, 6.45) is 1.20. The summed E-state index contributed by atoms with van der Waals surface area (Å²) in [5.41, 5.74) is 1.84. The Bertz CT molecular complexity index is 1030. The topological polar surface area (TPSA) is 71.3 Å². The van der Waals surface area contributed by atoms with Gasteiger partial charge in [-0.3, -0.25) is 4.79 Å². The largest absolute Gasteiger partial charge is 0.479 e. The zero-order valence-electron chi connectivity index (χ0n) is 14.8. The number of hydrogen-bond acceptors (Lipinski definition) is 2. The smallest absolute Gasteiger partial charge is 0.329 e. The molecule has 1 amide bonds. The van der Waals surface area contributed by atoms with E-state index in [9.17, 15) is 14.7 Å². The highest BCUT2D eigenvalue weighted by molar-refractivity contribution is 6.38. The van der Waals surface area contributed by atoms with Crippen LogP contribution in [0.25, 0.3) is 10.9 Å². The van der Waals surface area contributed by atoms with Crippen molar-refractivity contribution in [2.24, 2.45) is 7.05 Å². The monoisotopic (exact) mass is 382 g/mol. The molecule has 0 bridgehead atoms. The number of carboxylic acid groups (broad SMARTS) is 1. The minimum Gasteiger partial charge on any atom is -0.479 e. The van der Waals surface area contributed by atoms with E-state index in [1.54, 1.807) is 11.6 Å². The highest BCUT2D eigenvalue weighted by Crippen LogP contribution is 2.32. The lowest BCUT2D eigenvalue weighted by molar-refractivity contribution is -0.145. The van der Waals surface area contributed by atoms with Crippen molar-refractivity contribution < 1.29 is 14.7 Å². The first-order chi connectivity index (χ1) is 12.9. The molecule has 1 unspecified atom stereocenters. The molecule has 0 radical (unpaired) electrons. The zero-order chi connectivity index (χ0) is 19.2. The molecule has 0 saturated heterocycles. The van der Waals surface area contributed by atoms with Gasteiger partial charge in [0.15, 0.2) is 0 Å². The molecule has 4 rings (SSSR count). The molecule has 27 heavy (non-hydrogen) atoms. The number of nitrogens with zero attached hydrogens (tertiary/aromatic N) is 1. The first-order valence-corrected chi connectivity index (χ1v) is 9.16. The molecule has 2 aromatic carbocycles. The standard InChI is InChI=1S/C21H19ClN2O3/c1-24-16-9-5-4-8-15(16)17(22)18(24)19(25)23-21(20(26)27)11-10-13-6-2-3-7-14(13)12-21/h2-9H,10-12H2,1H3,(H,23,25)(H,26,27). The van der Waals surface area contributed by atoms with Crippen LogP contribution in [0.5, 0.6) is 0 Å². The summed E-state index contributed by atoms with van der Waals surface area (Å²) in [6.45, 7) is 0. The summed E-state index contributed by atoms with van der Waals surface area (Å²) in [6, 6.07) is 15.2. The fraction of sp³-hybridized carbons (Fsp3) is 0.238. The summed E-state index contributed by atoms with van der Waals surface area (Å²) in [7, 11) is 1.76. The van der Waals surface area contributed by atoms with Crippen LogP contribution >= 0.6 is 11.6 Å². The highest BCUT2D eigenvalue weighted by atomic mass is 35.5. The van der Waals surface area contributed by atoms with Gasteiger partial charge in [0.05, 0.1) is 5.02 Å². The first kappa shape index (κ1) is 17.6. The maximum atomic E-state index is 13.1. The van der Waals surface area contributed by atoms with E-state index in [0.717, 1.165) is 22.0 Å². The number of fused-ring (bicyclic) bond motifs is 2. The number of halogens is 1. The van der Waals surface area contributed by atoms with Gasteiger partial charge in [-0.25, -0.2) is 4.79 Å². The van der Waals surface area contributed by atoms with Gasteiger partial charge >= 0.3 is 5.97 Å². The summed E-state index contributed by atoms with van der Waals surface area (Å²) < 4.78 is 1.71. The number of benzene rings is 2. The number of rotatable bonds is 3. The van der Waals surface area contributed by atoms with Crippen LogP contribution < -0.4 is 5.32 Å². The van der Waals surface area contributed by atoms with Crippen molar-refractivity contribution in [1.29, 1.82) is 0 Å². The quantitative estimate of drug-likeness (QED) is 0.727. The molecule has 3 aromatic rings. The SMILES string of the molecule is Cn1c(C(=O)NC2(C(=O)O)CCc3ccccc3C2)c(Cl)c2ccccc21. The molecular formula is C21H19ClN2O3. The number of hydrogen-bond donors (Lipinski definition) is 2. The number of carbonyl (C=O) groups excluding carboxylic acids is 1. The lowest BCUT2D eigenvalue weighted by Crippen LogP contribution is -2.58. The van der Waals surface area contributed by atoms with E-state index in [0.29, 0.717) is 17.9 Å². The van der Waals surface area contributed by atoms with Crippen molar-refractivity contribution in [3.8, 4) is 0 Å². The molecule has 2 N–H and O–H groups in total. The van der Waals surface area contributed by atoms with Crippen molar-refractivity contribution in [3.63, 3.8) is 0 Å². The fourth-order valence-electron chi connectivity index (χ4n) is 3.95. The number of aliphatic carboxylic acids is 1. The predicted molar refractivity (Wildman–Crippen MR) is 104 cm³/mol. The number of carbonyl (C=O) groups is 2. The normalized spacial score (nSPS) is 18.9. The lowest BCUT2D eigenvalue weighted by atomic mass is 9.78. The Balaban J connectivity index is 1.72. The molecule has 1 aromatic heterocycles. The van der Waals surface area contributed by atoms with Gasteiger partial charge in [-0.1, -0.05) is 54.1 Å². The molecule has 0 aliphatic heterocycles. The van der Waals surface area contributed by atoms with Gasteiger partial charge in [0.2, 0.25) is 0 Å². The van der Waals surface area contributed by atoms with Crippen LogP contribution in [0.1, 0.15) is 28.0 Å². The number of nitrogens with one attached hydrogen (secondary N) is 1. The first-order valence-electron chi connectivity index (χ1n) is 8.78. The van der Waals surface area contributed by atoms with Gasteiger partial charge in [-0.15, -0.1) is 0 Å². The Labute approximate surface area is 161 Å². The van der Waals surface area contributed by atoms with Gasteiger partial charge < -0.3 is 15.0 Å². The van der Waals surface area contributed by atoms with Gasteiger partial charge in [0, 0.05) is 24.4 Å². The van der Waals surface area contributed by atoms with Gasteiger partial charge in [-0.05, 0) is 30.0 Å². The van der Waals surface area contributed by atoms with Gasteiger partial charge in [0.25, 0.3) is 5.91 Å². The van der Waals surface area contributed by atoms with E-state index in [1.807, 2.05) is 48.5 Å². The molecule has 0 saturated carbocycles. The Morgan fingerprint density at radius 1 is 1.11 bits per heavy atom. The van der Waals surface area contributed by atoms with Crippen molar-refractivity contribution in [1.82, 2.24) is 9.88 Å². The number of aromatic nitrogens is 1. The molecule has 138 valence electrons. The van der Waals surface area contributed by atoms with Crippen molar-refractivity contribution in [3.05, 3.63) is 70.4 Å². The number of aryl methyl sites for hydroxylation is 2. The zero-order valence-corrected chi connectivity index (χ0v) is 15.6. The maximum absolute atomic E-state index is 13.1. The second kappa shape index (κ2) is 6.43. The van der Waals surface area contributed by atoms with Crippen LogP contribution in [0.2, 0.25) is 5.02 Å². The van der Waals surface area contributed by atoms with Crippen LogP contribution in [0.3, 0.4) is 0 Å². The third kappa shape index (κ3) is 2.79. The summed E-state index contributed by atoms with van der Waals surface area (Å²) in [5.74, 6) is -1.50. The van der Waals surface area contributed by atoms with E-state index in [-0.39, 0.29) is 12.1 Å². The van der Waals surface area contributed by atoms with Crippen molar-refractivity contribution in [2.75, 3.05) is 0 Å². The van der Waals surface area contributed by atoms with Gasteiger partial charge in [0.1, 0.15) is 11.2 Å². The molecular weight excluding hydrogens is 364 g/mol. The summed E-state index contributed by atoms with van der Waals surface area (Å²) >= 11 is 6.45. The van der Waals surface area contributed by atoms with Crippen molar-refractivity contribution >= 4 is 34.4 Å². The lowest BCUT2D eigenvalue weighted by Gasteiger charge is -2.35. The third-order valence-electron chi connectivity index (χ3n) is 5.45. The second-order valence-corrected chi connectivity index (χ2v) is 7.40. The van der Waals surface area contributed by atoms with Gasteiger partial charge in [-0.2, -0.15) is 0 Å². The van der Waals surface area contributed by atoms with Crippen LogP contribution in [-0.2, 0) is 24.7 Å². The molecule has 1 heterocycles. The minimum absolute atomic E-state index is 0.256. The Morgan fingerprint density at radius 3 is 2.48 bits per heavy atom. The summed E-state index contributed by atoms with van der Waals surface area (Å²) in [5, 5.41) is 13.8. The number of amides is 1. The summed E-state index contributed by atoms with van der Waals surface area (Å²) in [4.78, 5) is 25.2. The van der Waals surface area contributed by atoms with Crippen LogP contribution in [0.4, 0.5) is 0 Å². The van der Waals surface area contributed by atoms with E-state index < -0.39 is 17.4 Å². The molecule has 6 heteroatoms. The highest BCUT2D eigenvalue weighted by Gasteiger charge is 2.43. The van der Waals surface area contributed by atoms with E-state index in [2.05, 4.69) is 5.32 Å². The molecule has 5 nitrogen and oxygen atoms in total. The van der Waals surface area contributed by atoms with Crippen molar-refractivity contribution in [2.45, 2.75) is 24.8 Å². The average Bonchev–Trinajstić information content (AvgIpc) is 2.92. The minimum atomic E-state index is -1.34. The Morgan fingerprint density at radius 2 is 1.78 bits per heavy atom.